The Bertz CT molecular complexity index is 1140. The third kappa shape index (κ3) is 3.16. The van der Waals surface area contributed by atoms with Gasteiger partial charge in [0, 0.05) is 22.9 Å². The number of carbonyl (C=O) groups is 3. The fourth-order valence-corrected chi connectivity index (χ4v) is 3.37. The molecule has 1 aliphatic carbocycles. The van der Waals surface area contributed by atoms with E-state index in [1.165, 1.54) is 12.1 Å². The molecule has 8 nitrogen and oxygen atoms in total. The number of hydrogen-bond acceptors (Lipinski definition) is 8. The van der Waals surface area contributed by atoms with Crippen LogP contribution in [0.1, 0.15) is 27.6 Å². The predicted octanol–water partition coefficient (Wildman–Crippen LogP) is 2.86. The maximum atomic E-state index is 13.2. The molecule has 0 fully saturated rings. The average Bonchev–Trinajstić information content (AvgIpc) is 3.22. The average molecular weight is 404 g/mol. The number of nitriles is 1. The molecule has 1 aliphatic heterocycles. The summed E-state index contributed by atoms with van der Waals surface area (Å²) in [5.41, 5.74) is 0.385. The first-order chi connectivity index (χ1) is 14.5. The van der Waals surface area contributed by atoms with Crippen molar-refractivity contribution >= 4 is 23.2 Å². The van der Waals surface area contributed by atoms with Gasteiger partial charge in [-0.3, -0.25) is 14.4 Å². The topological polar surface area (TPSA) is 115 Å². The second-order valence-electron chi connectivity index (χ2n) is 6.50. The van der Waals surface area contributed by atoms with Gasteiger partial charge in [0.25, 0.3) is 0 Å². The molecule has 1 N–H and O–H groups in total. The van der Waals surface area contributed by atoms with Crippen LogP contribution in [-0.2, 0) is 9.53 Å². The molecular weight excluding hydrogens is 388 g/mol. The van der Waals surface area contributed by atoms with Crippen molar-refractivity contribution in [3.63, 3.8) is 0 Å². The quantitative estimate of drug-likeness (QED) is 0.757. The summed E-state index contributed by atoms with van der Waals surface area (Å²) >= 11 is 0. The van der Waals surface area contributed by atoms with Gasteiger partial charge in [0.05, 0.1) is 23.9 Å². The summed E-state index contributed by atoms with van der Waals surface area (Å²) in [4.78, 5) is 38.8. The lowest BCUT2D eigenvalue weighted by atomic mass is 9.81. The molecule has 0 saturated heterocycles. The van der Waals surface area contributed by atoms with Crippen molar-refractivity contribution in [2.24, 2.45) is 5.92 Å². The van der Waals surface area contributed by atoms with Gasteiger partial charge in [-0.05, 0) is 19.1 Å². The number of benzene rings is 2. The Labute approximate surface area is 171 Å². The summed E-state index contributed by atoms with van der Waals surface area (Å²) in [5.74, 6) is -2.49. The van der Waals surface area contributed by atoms with Gasteiger partial charge in [0.15, 0.2) is 23.2 Å². The highest BCUT2D eigenvalue weighted by atomic mass is 16.7. The van der Waals surface area contributed by atoms with Crippen LogP contribution < -0.4 is 14.8 Å². The van der Waals surface area contributed by atoms with Crippen molar-refractivity contribution in [2.75, 3.05) is 18.7 Å². The fourth-order valence-electron chi connectivity index (χ4n) is 3.37. The Morgan fingerprint density at radius 3 is 2.53 bits per heavy atom. The van der Waals surface area contributed by atoms with Crippen LogP contribution in [0.15, 0.2) is 53.7 Å². The van der Waals surface area contributed by atoms with Crippen LogP contribution in [-0.4, -0.2) is 30.9 Å². The van der Waals surface area contributed by atoms with Gasteiger partial charge in [0.1, 0.15) is 0 Å². The van der Waals surface area contributed by atoms with E-state index in [0.29, 0.717) is 17.2 Å². The lowest BCUT2D eigenvalue weighted by molar-refractivity contribution is -0.144. The third-order valence-electron chi connectivity index (χ3n) is 4.74. The number of carbonyl (C=O) groups excluding carboxylic acids is 3. The molecule has 0 bridgehead atoms. The van der Waals surface area contributed by atoms with E-state index in [-0.39, 0.29) is 35.8 Å². The van der Waals surface area contributed by atoms with Crippen LogP contribution >= 0.6 is 0 Å². The maximum absolute atomic E-state index is 13.2. The molecule has 1 unspecified atom stereocenters. The SMILES string of the molecule is CCOC(=O)C(C#N)C1=C(Nc2ccc3c(c2)OCO3)C(=O)c2ccccc2C1=O. The van der Waals surface area contributed by atoms with Crippen LogP contribution in [0.2, 0.25) is 0 Å². The number of ketones is 2. The molecule has 0 spiro atoms. The van der Waals surface area contributed by atoms with Crippen molar-refractivity contribution < 1.29 is 28.6 Å². The molecular formula is C22H16N2O6. The molecule has 0 saturated carbocycles. The first-order valence-electron chi connectivity index (χ1n) is 9.20. The summed E-state index contributed by atoms with van der Waals surface area (Å²) in [6.45, 7) is 1.71. The molecule has 0 amide bonds. The molecule has 150 valence electrons. The van der Waals surface area contributed by atoms with E-state index >= 15 is 0 Å². The van der Waals surface area contributed by atoms with E-state index in [4.69, 9.17) is 14.2 Å². The Hall–Kier alpha value is -4.12. The van der Waals surface area contributed by atoms with E-state index in [1.807, 2.05) is 0 Å². The second kappa shape index (κ2) is 7.72. The van der Waals surface area contributed by atoms with Gasteiger partial charge in [-0.25, -0.2) is 0 Å². The summed E-state index contributed by atoms with van der Waals surface area (Å²) in [7, 11) is 0. The number of nitrogens with one attached hydrogen (secondary N) is 1. The molecule has 8 heteroatoms. The van der Waals surface area contributed by atoms with Gasteiger partial charge < -0.3 is 19.5 Å². The zero-order chi connectivity index (χ0) is 21.3. The van der Waals surface area contributed by atoms with Crippen LogP contribution in [0.25, 0.3) is 0 Å². The first kappa shape index (κ1) is 19.2. The number of fused-ring (bicyclic) bond motifs is 2. The summed E-state index contributed by atoms with van der Waals surface area (Å²) in [6, 6.07) is 13.0. The minimum absolute atomic E-state index is 0.0357. The summed E-state index contributed by atoms with van der Waals surface area (Å²) in [6.07, 6.45) is 0. The molecule has 2 aromatic carbocycles. The van der Waals surface area contributed by atoms with Gasteiger partial charge in [-0.1, -0.05) is 24.3 Å². The Balaban J connectivity index is 1.84. The molecule has 1 atom stereocenters. The van der Waals surface area contributed by atoms with E-state index in [2.05, 4.69) is 5.32 Å². The third-order valence-corrected chi connectivity index (χ3v) is 4.74. The zero-order valence-electron chi connectivity index (χ0n) is 15.9. The predicted molar refractivity (Wildman–Crippen MR) is 104 cm³/mol. The van der Waals surface area contributed by atoms with Crippen LogP contribution in [0.3, 0.4) is 0 Å². The van der Waals surface area contributed by atoms with Crippen molar-refractivity contribution in [3.05, 3.63) is 64.9 Å². The van der Waals surface area contributed by atoms with Gasteiger partial charge in [-0.2, -0.15) is 5.26 Å². The lowest BCUT2D eigenvalue weighted by Gasteiger charge is -2.24. The number of allylic oxidation sites excluding steroid dienone is 1. The molecule has 2 aromatic rings. The van der Waals surface area contributed by atoms with E-state index in [1.54, 1.807) is 43.3 Å². The van der Waals surface area contributed by atoms with Gasteiger partial charge in [-0.15, -0.1) is 0 Å². The van der Waals surface area contributed by atoms with Crippen LogP contribution in [0.5, 0.6) is 11.5 Å². The van der Waals surface area contributed by atoms with Crippen molar-refractivity contribution in [3.8, 4) is 17.6 Å². The van der Waals surface area contributed by atoms with Crippen LogP contribution in [0, 0.1) is 17.2 Å². The number of Topliss-reactive ketones (excluding diaryl/α,β-unsaturated/α-hetero) is 2. The number of rotatable bonds is 5. The minimum atomic E-state index is -1.55. The molecule has 0 aromatic heterocycles. The normalized spacial score (nSPS) is 15.3. The van der Waals surface area contributed by atoms with Crippen molar-refractivity contribution in [1.29, 1.82) is 5.26 Å². The van der Waals surface area contributed by atoms with E-state index < -0.39 is 23.5 Å². The second-order valence-corrected chi connectivity index (χ2v) is 6.50. The standard InChI is InChI=1S/C22H16N2O6/c1-2-28-22(27)15(10-23)18-19(21(26)14-6-4-3-5-13(14)20(18)25)24-12-7-8-16-17(9-12)30-11-29-16/h3-9,15,24H,2,11H2,1H3. The minimum Gasteiger partial charge on any atom is -0.465 e. The Kier molecular flexibility index (Phi) is 4.94. The first-order valence-corrected chi connectivity index (χ1v) is 9.20. The molecule has 4 rings (SSSR count). The van der Waals surface area contributed by atoms with Gasteiger partial charge in [0.2, 0.25) is 12.6 Å². The zero-order valence-corrected chi connectivity index (χ0v) is 15.9. The smallest absolute Gasteiger partial charge is 0.328 e. The summed E-state index contributed by atoms with van der Waals surface area (Å²) in [5, 5.41) is 12.5. The van der Waals surface area contributed by atoms with Crippen LogP contribution in [0.4, 0.5) is 5.69 Å². The highest BCUT2D eigenvalue weighted by molar-refractivity contribution is 6.29. The molecule has 1 heterocycles. The van der Waals surface area contributed by atoms with Gasteiger partial charge >= 0.3 is 5.97 Å². The van der Waals surface area contributed by atoms with E-state index in [9.17, 15) is 19.6 Å². The van der Waals surface area contributed by atoms with Crippen molar-refractivity contribution in [2.45, 2.75) is 6.92 Å². The fraction of sp³-hybridized carbons (Fsp3) is 0.182. The number of ether oxygens (including phenoxy) is 3. The highest BCUT2D eigenvalue weighted by Crippen LogP contribution is 2.36. The number of nitrogens with zero attached hydrogens (tertiary/aromatic N) is 1. The number of esters is 1. The van der Waals surface area contributed by atoms with Crippen molar-refractivity contribution in [1.82, 2.24) is 0 Å². The Morgan fingerprint density at radius 1 is 1.13 bits per heavy atom. The molecule has 30 heavy (non-hydrogen) atoms. The Morgan fingerprint density at radius 2 is 1.83 bits per heavy atom. The molecule has 2 aliphatic rings. The number of anilines is 1. The highest BCUT2D eigenvalue weighted by Gasteiger charge is 2.40. The monoisotopic (exact) mass is 404 g/mol. The number of hydrogen-bond donors (Lipinski definition) is 1. The summed E-state index contributed by atoms with van der Waals surface area (Å²) < 4.78 is 15.6. The van der Waals surface area contributed by atoms with E-state index in [0.717, 1.165) is 0 Å². The largest absolute Gasteiger partial charge is 0.465 e. The maximum Gasteiger partial charge on any atom is 0.328 e. The molecule has 0 radical (unpaired) electrons. The lowest BCUT2D eigenvalue weighted by Crippen LogP contribution is -2.32.